The molecule has 1 aromatic heterocycles. The zero-order chi connectivity index (χ0) is 15.4. The first-order chi connectivity index (χ1) is 10.0. The Hall–Kier alpha value is -2.50. The van der Waals surface area contributed by atoms with Gasteiger partial charge in [-0.3, -0.25) is 9.59 Å². The molecule has 0 saturated carbocycles. The number of carbonyl (C=O) groups excluding carboxylic acids is 2. The first kappa shape index (κ1) is 14.9. The van der Waals surface area contributed by atoms with Gasteiger partial charge in [0.05, 0.1) is 5.69 Å². The summed E-state index contributed by atoms with van der Waals surface area (Å²) in [7, 11) is 0. The molecule has 0 atom stereocenters. The minimum atomic E-state index is -0.206. The van der Waals surface area contributed by atoms with Crippen molar-refractivity contribution in [3.63, 3.8) is 0 Å². The van der Waals surface area contributed by atoms with Gasteiger partial charge in [-0.25, -0.2) is 4.68 Å². The molecule has 1 amide bonds. The molecule has 2 rings (SSSR count). The molecule has 0 bridgehead atoms. The molecule has 6 heteroatoms. The SMILES string of the molecule is CCc1ccc(NC(=O)Cn2nnc(C(C)=O)c2C)cc1. The number of aromatic nitrogens is 3. The Bertz CT molecular complexity index is 659. The quantitative estimate of drug-likeness (QED) is 0.853. The van der Waals surface area contributed by atoms with E-state index < -0.39 is 0 Å². The number of Topliss-reactive ketones (excluding diaryl/α,β-unsaturated/α-hetero) is 1. The summed E-state index contributed by atoms with van der Waals surface area (Å²) in [4.78, 5) is 23.3. The second-order valence-corrected chi connectivity index (χ2v) is 4.84. The minimum Gasteiger partial charge on any atom is -0.324 e. The summed E-state index contributed by atoms with van der Waals surface area (Å²) >= 11 is 0. The summed E-state index contributed by atoms with van der Waals surface area (Å²) in [5, 5.41) is 10.4. The predicted octanol–water partition coefficient (Wildman–Crippen LogP) is 1.99. The highest BCUT2D eigenvalue weighted by molar-refractivity contribution is 5.93. The molecule has 0 fully saturated rings. The number of carbonyl (C=O) groups is 2. The lowest BCUT2D eigenvalue weighted by atomic mass is 10.1. The molecule has 0 unspecified atom stereocenters. The molecule has 0 aliphatic rings. The minimum absolute atomic E-state index is 0.0294. The van der Waals surface area contributed by atoms with Gasteiger partial charge in [0.1, 0.15) is 6.54 Å². The Kier molecular flexibility index (Phi) is 4.47. The summed E-state index contributed by atoms with van der Waals surface area (Å²) in [6, 6.07) is 7.69. The first-order valence-corrected chi connectivity index (χ1v) is 6.81. The zero-order valence-electron chi connectivity index (χ0n) is 12.4. The Labute approximate surface area is 123 Å². The van der Waals surface area contributed by atoms with Crippen molar-refractivity contribution in [2.45, 2.75) is 33.7 Å². The van der Waals surface area contributed by atoms with Crippen molar-refractivity contribution in [3.8, 4) is 0 Å². The number of amides is 1. The molecule has 2 aromatic rings. The average molecular weight is 286 g/mol. The molecule has 1 heterocycles. The average Bonchev–Trinajstić information content (AvgIpc) is 2.81. The van der Waals surface area contributed by atoms with Crippen molar-refractivity contribution in [3.05, 3.63) is 41.2 Å². The number of nitrogens with zero attached hydrogens (tertiary/aromatic N) is 3. The van der Waals surface area contributed by atoms with Crippen LogP contribution in [0, 0.1) is 6.92 Å². The Morgan fingerprint density at radius 1 is 1.24 bits per heavy atom. The molecular formula is C15H18N4O2. The predicted molar refractivity (Wildman–Crippen MR) is 79.2 cm³/mol. The lowest BCUT2D eigenvalue weighted by molar-refractivity contribution is -0.117. The van der Waals surface area contributed by atoms with Crippen molar-refractivity contribution >= 4 is 17.4 Å². The fraction of sp³-hybridized carbons (Fsp3) is 0.333. The molecular weight excluding hydrogens is 268 g/mol. The van der Waals surface area contributed by atoms with Gasteiger partial charge in [-0.2, -0.15) is 0 Å². The molecule has 0 saturated heterocycles. The van der Waals surface area contributed by atoms with Crippen LogP contribution >= 0.6 is 0 Å². The number of ketones is 1. The number of anilines is 1. The third-order valence-corrected chi connectivity index (χ3v) is 3.26. The van der Waals surface area contributed by atoms with Crippen molar-refractivity contribution in [2.75, 3.05) is 5.32 Å². The fourth-order valence-electron chi connectivity index (χ4n) is 2.00. The van der Waals surface area contributed by atoms with E-state index >= 15 is 0 Å². The maximum atomic E-state index is 12.0. The van der Waals surface area contributed by atoms with E-state index in [0.29, 0.717) is 11.4 Å². The largest absolute Gasteiger partial charge is 0.324 e. The summed E-state index contributed by atoms with van der Waals surface area (Å²) in [6.45, 7) is 5.26. The third-order valence-electron chi connectivity index (χ3n) is 3.26. The number of hydrogen-bond acceptors (Lipinski definition) is 4. The highest BCUT2D eigenvalue weighted by atomic mass is 16.2. The van der Waals surface area contributed by atoms with E-state index in [4.69, 9.17) is 0 Å². The molecule has 0 aliphatic carbocycles. The molecule has 0 aliphatic heterocycles. The van der Waals surface area contributed by atoms with E-state index in [2.05, 4.69) is 22.6 Å². The fourth-order valence-corrected chi connectivity index (χ4v) is 2.00. The van der Waals surface area contributed by atoms with E-state index in [-0.39, 0.29) is 18.2 Å². The number of rotatable bonds is 5. The molecule has 1 aromatic carbocycles. The van der Waals surface area contributed by atoms with Gasteiger partial charge in [0.25, 0.3) is 0 Å². The van der Waals surface area contributed by atoms with Crippen molar-refractivity contribution in [1.82, 2.24) is 15.0 Å². The topological polar surface area (TPSA) is 76.9 Å². The maximum Gasteiger partial charge on any atom is 0.246 e. The van der Waals surface area contributed by atoms with Gasteiger partial charge < -0.3 is 5.32 Å². The number of benzene rings is 1. The van der Waals surface area contributed by atoms with Crippen LogP contribution in [0.2, 0.25) is 0 Å². The number of hydrogen-bond donors (Lipinski definition) is 1. The Morgan fingerprint density at radius 2 is 1.90 bits per heavy atom. The Morgan fingerprint density at radius 3 is 2.43 bits per heavy atom. The van der Waals surface area contributed by atoms with Gasteiger partial charge in [0, 0.05) is 12.6 Å². The lowest BCUT2D eigenvalue weighted by Gasteiger charge is -2.07. The lowest BCUT2D eigenvalue weighted by Crippen LogP contribution is -2.20. The van der Waals surface area contributed by atoms with E-state index in [0.717, 1.165) is 12.1 Å². The maximum absolute atomic E-state index is 12.0. The van der Waals surface area contributed by atoms with Gasteiger partial charge in [-0.05, 0) is 31.0 Å². The standard InChI is InChI=1S/C15H18N4O2/c1-4-12-5-7-13(8-6-12)16-14(21)9-19-10(2)15(11(3)20)17-18-19/h5-8H,4,9H2,1-3H3,(H,16,21). The van der Waals surface area contributed by atoms with Crippen LogP contribution in [0.3, 0.4) is 0 Å². The zero-order valence-corrected chi connectivity index (χ0v) is 12.4. The highest BCUT2D eigenvalue weighted by Crippen LogP contribution is 2.10. The van der Waals surface area contributed by atoms with Crippen molar-refractivity contribution < 1.29 is 9.59 Å². The van der Waals surface area contributed by atoms with E-state index in [1.165, 1.54) is 17.2 Å². The van der Waals surface area contributed by atoms with Crippen molar-refractivity contribution in [1.29, 1.82) is 0 Å². The van der Waals surface area contributed by atoms with Crippen LogP contribution in [-0.2, 0) is 17.8 Å². The summed E-state index contributed by atoms with van der Waals surface area (Å²) in [5.74, 6) is -0.364. The van der Waals surface area contributed by atoms with Gasteiger partial charge in [-0.1, -0.05) is 24.3 Å². The molecule has 0 spiro atoms. The smallest absolute Gasteiger partial charge is 0.246 e. The van der Waals surface area contributed by atoms with Crippen LogP contribution in [0.5, 0.6) is 0 Å². The number of nitrogens with one attached hydrogen (secondary N) is 1. The number of aryl methyl sites for hydroxylation is 1. The molecule has 6 nitrogen and oxygen atoms in total. The highest BCUT2D eigenvalue weighted by Gasteiger charge is 2.14. The third kappa shape index (κ3) is 3.53. The molecule has 1 N–H and O–H groups in total. The van der Waals surface area contributed by atoms with Crippen LogP contribution in [0.25, 0.3) is 0 Å². The van der Waals surface area contributed by atoms with Crippen LogP contribution in [0.15, 0.2) is 24.3 Å². The van der Waals surface area contributed by atoms with Gasteiger partial charge in [0.15, 0.2) is 11.5 Å². The van der Waals surface area contributed by atoms with Crippen LogP contribution in [-0.4, -0.2) is 26.7 Å². The van der Waals surface area contributed by atoms with E-state index in [9.17, 15) is 9.59 Å². The van der Waals surface area contributed by atoms with Crippen LogP contribution in [0.1, 0.15) is 35.6 Å². The molecule has 21 heavy (non-hydrogen) atoms. The second-order valence-electron chi connectivity index (χ2n) is 4.84. The van der Waals surface area contributed by atoms with Crippen LogP contribution < -0.4 is 5.32 Å². The van der Waals surface area contributed by atoms with Gasteiger partial charge in [0.2, 0.25) is 5.91 Å². The van der Waals surface area contributed by atoms with E-state index in [1.807, 2.05) is 24.3 Å². The molecule has 110 valence electrons. The monoisotopic (exact) mass is 286 g/mol. The summed E-state index contributed by atoms with van der Waals surface area (Å²) in [6.07, 6.45) is 0.959. The Balaban J connectivity index is 2.02. The first-order valence-electron chi connectivity index (χ1n) is 6.81. The molecule has 0 radical (unpaired) electrons. The van der Waals surface area contributed by atoms with Gasteiger partial charge in [-0.15, -0.1) is 5.10 Å². The normalized spacial score (nSPS) is 10.4. The summed E-state index contributed by atoms with van der Waals surface area (Å²) in [5.41, 5.74) is 2.85. The summed E-state index contributed by atoms with van der Waals surface area (Å²) < 4.78 is 1.42. The van der Waals surface area contributed by atoms with E-state index in [1.54, 1.807) is 6.92 Å². The van der Waals surface area contributed by atoms with Crippen LogP contribution in [0.4, 0.5) is 5.69 Å². The van der Waals surface area contributed by atoms with Crippen molar-refractivity contribution in [2.24, 2.45) is 0 Å². The van der Waals surface area contributed by atoms with Gasteiger partial charge >= 0.3 is 0 Å². The second kappa shape index (κ2) is 6.30.